The first-order chi connectivity index (χ1) is 15.5. The molecule has 2 rings (SSSR count). The summed E-state index contributed by atoms with van der Waals surface area (Å²) in [6, 6.07) is -0.544. The van der Waals surface area contributed by atoms with Gasteiger partial charge in [0.05, 0.1) is 11.1 Å². The smallest absolute Gasteiger partial charge is 0.277 e. The highest BCUT2D eigenvalue weighted by Gasteiger charge is 2.40. The van der Waals surface area contributed by atoms with Crippen LogP contribution in [0.5, 0.6) is 0 Å². The molecule has 6 nitrogen and oxygen atoms in total. The Bertz CT molecular complexity index is 714. The highest BCUT2D eigenvalue weighted by atomic mass is 35.5. The fraction of sp³-hybridized carbons (Fsp3) is 0.864. The molecule has 2 aliphatic carbocycles. The third-order valence-corrected chi connectivity index (χ3v) is 8.16. The van der Waals surface area contributed by atoms with E-state index in [-0.39, 0.29) is 47.6 Å². The zero-order valence-electron chi connectivity index (χ0n) is 18.9. The van der Waals surface area contributed by atoms with Crippen LogP contribution in [0.15, 0.2) is 4.99 Å². The zero-order valence-corrected chi connectivity index (χ0v) is 20.4. The van der Waals surface area contributed by atoms with Gasteiger partial charge >= 0.3 is 0 Å². The molecule has 0 bridgehead atoms. The summed E-state index contributed by atoms with van der Waals surface area (Å²) in [5, 5.41) is 29.3. The van der Waals surface area contributed by atoms with Crippen LogP contribution in [0, 0.1) is 29.1 Å². The minimum atomic E-state index is -3.00. The molecule has 2 fully saturated rings. The van der Waals surface area contributed by atoms with Crippen molar-refractivity contribution < 1.29 is 28.2 Å². The number of hydrogen-bond acceptors (Lipinski definition) is 5. The highest BCUT2D eigenvalue weighted by molar-refractivity contribution is 6.30. The molecule has 0 spiro atoms. The third kappa shape index (κ3) is 7.54. The average molecular weight is 516 g/mol. The average Bonchev–Trinajstić information content (AvgIpc) is 2.73. The molecule has 0 aromatic carbocycles. The summed E-state index contributed by atoms with van der Waals surface area (Å²) in [7, 11) is 1.17. The van der Waals surface area contributed by atoms with Gasteiger partial charge in [-0.05, 0) is 63.7 Å². The number of nitrogens with zero attached hydrogens (tertiary/aromatic N) is 1. The maximum absolute atomic E-state index is 14.3. The molecular formula is C22H34Cl2F3N3O3. The van der Waals surface area contributed by atoms with Gasteiger partial charge in [-0.15, -0.1) is 23.2 Å². The van der Waals surface area contributed by atoms with Crippen LogP contribution < -0.4 is 5.32 Å². The van der Waals surface area contributed by atoms with Crippen LogP contribution >= 0.6 is 23.2 Å². The Hall–Kier alpha value is -0.900. The predicted octanol–water partition coefficient (Wildman–Crippen LogP) is 3.93. The Morgan fingerprint density at radius 2 is 1.82 bits per heavy atom. The minimum Gasteiger partial charge on any atom is -0.368 e. The van der Waals surface area contributed by atoms with Crippen LogP contribution in [0.4, 0.5) is 13.2 Å². The first-order valence-electron chi connectivity index (χ1n) is 11.4. The van der Waals surface area contributed by atoms with E-state index in [0.29, 0.717) is 25.7 Å². The van der Waals surface area contributed by atoms with E-state index in [1.54, 1.807) is 6.92 Å². The first-order valence-corrected chi connectivity index (χ1v) is 12.2. The summed E-state index contributed by atoms with van der Waals surface area (Å²) >= 11 is 12.4. The number of carbonyl (C=O) groups excluding carboxylic acids is 1. The fourth-order valence-corrected chi connectivity index (χ4v) is 5.59. The van der Waals surface area contributed by atoms with Crippen LogP contribution in [0.3, 0.4) is 0 Å². The Morgan fingerprint density at radius 1 is 1.15 bits per heavy atom. The molecule has 2 saturated carbocycles. The third-order valence-electron chi connectivity index (χ3n) is 7.02. The number of aliphatic imine (C=N–C) groups is 1. The van der Waals surface area contributed by atoms with Gasteiger partial charge in [-0.3, -0.25) is 9.79 Å². The standard InChI is InChI=1S/C22H34Cl2F3N3O3/c1-10(12-4-5-13(22(32)33)16(25)9-12)30-21(31)18(19(29-2)20(26)27)17(28)8-11-3-6-14(23)15(24)7-11/h10-16,18,20,22,28,32-33H,3-9H2,1-2H3,(H,30,31). The SMILES string of the molecule is CN=C(C(F)F)C(C(=N)CC1CCC(Cl)C(Cl)C1)C(=O)NC(C)C1CCC(C(O)O)C(F)C1. The summed E-state index contributed by atoms with van der Waals surface area (Å²) in [5.41, 5.74) is -0.827. The Morgan fingerprint density at radius 3 is 2.33 bits per heavy atom. The lowest BCUT2D eigenvalue weighted by molar-refractivity contribution is -0.126. The normalized spacial score (nSPS) is 33.1. The molecule has 0 radical (unpaired) electrons. The van der Waals surface area contributed by atoms with E-state index in [9.17, 15) is 28.2 Å². The molecule has 0 aromatic heterocycles. The lowest BCUT2D eigenvalue weighted by Crippen LogP contribution is -2.49. The molecule has 11 heteroatoms. The van der Waals surface area contributed by atoms with Gasteiger partial charge in [0.25, 0.3) is 6.43 Å². The van der Waals surface area contributed by atoms with Crippen LogP contribution in [-0.4, -0.2) is 70.3 Å². The summed E-state index contributed by atoms with van der Waals surface area (Å²) in [6.07, 6.45) is -3.45. The van der Waals surface area contributed by atoms with Crippen LogP contribution in [-0.2, 0) is 4.79 Å². The number of aliphatic hydroxyl groups excluding tert-OH is 1. The molecule has 2 aliphatic rings. The van der Waals surface area contributed by atoms with Gasteiger partial charge in [-0.2, -0.15) is 0 Å². The minimum absolute atomic E-state index is 0.0220. The molecule has 0 aromatic rings. The molecular weight excluding hydrogens is 482 g/mol. The summed E-state index contributed by atoms with van der Waals surface area (Å²) in [6.45, 7) is 1.66. The molecule has 0 heterocycles. The van der Waals surface area contributed by atoms with Crippen molar-refractivity contribution in [3.05, 3.63) is 0 Å². The number of amides is 1. The van der Waals surface area contributed by atoms with Gasteiger partial charge in [0.1, 0.15) is 12.1 Å². The molecule has 33 heavy (non-hydrogen) atoms. The number of carbonyl (C=O) groups is 1. The summed E-state index contributed by atoms with van der Waals surface area (Å²) in [4.78, 5) is 16.7. The van der Waals surface area contributed by atoms with Gasteiger partial charge in [-0.25, -0.2) is 13.2 Å². The Labute approximate surface area is 202 Å². The predicted molar refractivity (Wildman–Crippen MR) is 123 cm³/mol. The van der Waals surface area contributed by atoms with Gasteiger partial charge < -0.3 is 20.9 Å². The van der Waals surface area contributed by atoms with E-state index in [1.807, 2.05) is 0 Å². The van der Waals surface area contributed by atoms with E-state index in [1.165, 1.54) is 7.05 Å². The quantitative estimate of drug-likeness (QED) is 0.212. The second-order valence-corrected chi connectivity index (χ2v) is 10.4. The van der Waals surface area contributed by atoms with Crippen molar-refractivity contribution in [1.29, 1.82) is 5.41 Å². The van der Waals surface area contributed by atoms with Crippen LogP contribution in [0.1, 0.15) is 51.9 Å². The largest absolute Gasteiger partial charge is 0.368 e. The van der Waals surface area contributed by atoms with Crippen molar-refractivity contribution >= 4 is 40.5 Å². The fourth-order valence-electron chi connectivity index (χ4n) is 4.98. The zero-order chi connectivity index (χ0) is 24.9. The lowest BCUT2D eigenvalue weighted by Gasteiger charge is -2.36. The number of rotatable bonds is 9. The number of hydrogen-bond donors (Lipinski definition) is 4. The van der Waals surface area contributed by atoms with Crippen LogP contribution in [0.2, 0.25) is 0 Å². The molecule has 0 saturated heterocycles. The molecule has 1 amide bonds. The Balaban J connectivity index is 2.08. The van der Waals surface area contributed by atoms with Gasteiger partial charge in [-0.1, -0.05) is 0 Å². The van der Waals surface area contributed by atoms with Crippen molar-refractivity contribution in [2.24, 2.45) is 28.7 Å². The first kappa shape index (κ1) is 28.3. The molecule has 8 unspecified atom stereocenters. The van der Waals surface area contributed by atoms with Crippen LogP contribution in [0.25, 0.3) is 0 Å². The van der Waals surface area contributed by atoms with Gasteiger partial charge in [0.2, 0.25) is 5.91 Å². The maximum atomic E-state index is 14.3. The van der Waals surface area contributed by atoms with E-state index in [0.717, 1.165) is 0 Å². The van der Waals surface area contributed by atoms with Gasteiger partial charge in [0.15, 0.2) is 6.29 Å². The van der Waals surface area contributed by atoms with Gasteiger partial charge in [0, 0.05) is 30.1 Å². The number of nitrogens with one attached hydrogen (secondary N) is 2. The monoisotopic (exact) mass is 515 g/mol. The second-order valence-electron chi connectivity index (χ2n) is 9.29. The lowest BCUT2D eigenvalue weighted by atomic mass is 9.77. The molecule has 8 atom stereocenters. The number of alkyl halides is 5. The van der Waals surface area contributed by atoms with E-state index >= 15 is 0 Å². The highest BCUT2D eigenvalue weighted by Crippen LogP contribution is 2.36. The number of halogens is 5. The Kier molecular flexibility index (Phi) is 10.9. The molecule has 0 aliphatic heterocycles. The van der Waals surface area contributed by atoms with Crippen molar-refractivity contribution in [3.63, 3.8) is 0 Å². The summed E-state index contributed by atoms with van der Waals surface area (Å²) in [5.74, 6) is -3.49. The topological polar surface area (TPSA) is 106 Å². The molecule has 190 valence electrons. The van der Waals surface area contributed by atoms with Crippen molar-refractivity contribution in [2.45, 2.75) is 87.6 Å². The van der Waals surface area contributed by atoms with Crippen molar-refractivity contribution in [2.75, 3.05) is 7.05 Å². The van der Waals surface area contributed by atoms with Crippen molar-refractivity contribution in [1.82, 2.24) is 5.32 Å². The summed E-state index contributed by atoms with van der Waals surface area (Å²) < 4.78 is 41.7. The second kappa shape index (κ2) is 12.7. The van der Waals surface area contributed by atoms with E-state index in [4.69, 9.17) is 28.6 Å². The van der Waals surface area contributed by atoms with E-state index < -0.39 is 48.4 Å². The number of aliphatic hydroxyl groups is 2. The van der Waals surface area contributed by atoms with E-state index in [2.05, 4.69) is 10.3 Å². The maximum Gasteiger partial charge on any atom is 0.277 e. The van der Waals surface area contributed by atoms with Crippen molar-refractivity contribution in [3.8, 4) is 0 Å². The molecule has 4 N–H and O–H groups in total.